The van der Waals surface area contributed by atoms with Crippen molar-refractivity contribution in [1.29, 1.82) is 0 Å². The third-order valence-electron chi connectivity index (χ3n) is 3.79. The van der Waals surface area contributed by atoms with Crippen LogP contribution in [0.3, 0.4) is 0 Å². The van der Waals surface area contributed by atoms with Crippen LogP contribution in [0.5, 0.6) is 0 Å². The Morgan fingerprint density at radius 3 is 2.36 bits per heavy atom. The van der Waals surface area contributed by atoms with Crippen molar-refractivity contribution in [1.82, 2.24) is 0 Å². The Morgan fingerprint density at radius 1 is 1.04 bits per heavy atom. The van der Waals surface area contributed by atoms with Crippen LogP contribution in [0.25, 0.3) is 5.57 Å². The number of benzene rings is 2. The molecule has 0 aliphatic rings. The number of ether oxygens (including phenoxy) is 1. The number of esters is 1. The number of halogens is 1. The molecule has 0 bridgehead atoms. The van der Waals surface area contributed by atoms with E-state index >= 15 is 0 Å². The molecule has 0 aromatic heterocycles. The third-order valence-corrected chi connectivity index (χ3v) is 4.31. The number of oxime groups is 2. The van der Waals surface area contributed by atoms with Crippen molar-refractivity contribution >= 4 is 37.8 Å². The van der Waals surface area contributed by atoms with Crippen molar-refractivity contribution in [3.63, 3.8) is 0 Å². The van der Waals surface area contributed by atoms with E-state index in [9.17, 15) is 4.79 Å². The molecular formula is C21H21BrN2O4. The minimum Gasteiger partial charge on any atom is -0.465 e. The standard InChI is InChI=1S/C21H21BrN2O4/c1-4-17(21(25)26-2)18-13-9-8-12-16(18)14-28-24-20(22)19(23-27-3)15-10-6-5-7-11-15/h4-13H,14H2,1-3H3/b17-4+,23-19+,24-20-. The Balaban J connectivity index is 2.20. The Bertz CT molecular complexity index is 892. The molecule has 0 fully saturated rings. The van der Waals surface area contributed by atoms with Gasteiger partial charge in [-0.1, -0.05) is 71.0 Å². The van der Waals surface area contributed by atoms with Gasteiger partial charge in [-0.25, -0.2) is 4.79 Å². The summed E-state index contributed by atoms with van der Waals surface area (Å²) in [5.74, 6) is -0.404. The first-order valence-electron chi connectivity index (χ1n) is 8.47. The number of rotatable bonds is 8. The first kappa shape index (κ1) is 21.4. The molecule has 0 spiro atoms. The maximum atomic E-state index is 12.0. The predicted octanol–water partition coefficient (Wildman–Crippen LogP) is 4.54. The Labute approximate surface area is 172 Å². The second kappa shape index (κ2) is 11.0. The van der Waals surface area contributed by atoms with Crippen LogP contribution in [0.1, 0.15) is 23.6 Å². The minimum absolute atomic E-state index is 0.161. The van der Waals surface area contributed by atoms with Crippen LogP contribution in [0.2, 0.25) is 0 Å². The molecule has 2 rings (SSSR count). The molecule has 0 aliphatic heterocycles. The SMILES string of the molecule is C/C=C(/C(=O)OC)c1ccccc1CO/N=C(Br)/C(=N/OC)c1ccccc1. The summed E-state index contributed by atoms with van der Waals surface area (Å²) in [6.07, 6.45) is 1.71. The fourth-order valence-electron chi connectivity index (χ4n) is 2.50. The zero-order valence-corrected chi connectivity index (χ0v) is 17.5. The average Bonchev–Trinajstić information content (AvgIpc) is 2.73. The van der Waals surface area contributed by atoms with Gasteiger partial charge in [-0.15, -0.1) is 0 Å². The Kier molecular flexibility index (Phi) is 8.42. The van der Waals surface area contributed by atoms with E-state index in [-0.39, 0.29) is 6.61 Å². The number of hydrogen-bond donors (Lipinski definition) is 0. The van der Waals surface area contributed by atoms with Gasteiger partial charge in [0.1, 0.15) is 19.4 Å². The van der Waals surface area contributed by atoms with E-state index in [1.165, 1.54) is 14.2 Å². The molecule has 0 saturated carbocycles. The van der Waals surface area contributed by atoms with Crippen LogP contribution >= 0.6 is 15.9 Å². The van der Waals surface area contributed by atoms with Gasteiger partial charge in [0.05, 0.1) is 12.7 Å². The summed E-state index contributed by atoms with van der Waals surface area (Å²) in [5, 5.41) is 8.09. The van der Waals surface area contributed by atoms with Crippen LogP contribution < -0.4 is 0 Å². The van der Waals surface area contributed by atoms with Crippen LogP contribution in [-0.2, 0) is 25.8 Å². The Morgan fingerprint density at radius 2 is 1.71 bits per heavy atom. The highest BCUT2D eigenvalue weighted by atomic mass is 79.9. The van der Waals surface area contributed by atoms with E-state index in [2.05, 4.69) is 26.2 Å². The minimum atomic E-state index is -0.404. The zero-order valence-electron chi connectivity index (χ0n) is 15.9. The lowest BCUT2D eigenvalue weighted by molar-refractivity contribution is -0.133. The third kappa shape index (κ3) is 5.53. The van der Waals surface area contributed by atoms with Gasteiger partial charge in [0.15, 0.2) is 4.62 Å². The largest absolute Gasteiger partial charge is 0.465 e. The maximum absolute atomic E-state index is 12.0. The molecule has 2 aromatic rings. The predicted molar refractivity (Wildman–Crippen MR) is 113 cm³/mol. The van der Waals surface area contributed by atoms with Crippen LogP contribution in [-0.4, -0.2) is 30.5 Å². The topological polar surface area (TPSA) is 69.5 Å². The van der Waals surface area contributed by atoms with Crippen molar-refractivity contribution in [3.05, 3.63) is 77.4 Å². The highest BCUT2D eigenvalue weighted by molar-refractivity contribution is 9.19. The number of methoxy groups -OCH3 is 1. The second-order valence-electron chi connectivity index (χ2n) is 5.50. The van der Waals surface area contributed by atoms with Gasteiger partial charge in [0.25, 0.3) is 0 Å². The molecule has 6 nitrogen and oxygen atoms in total. The van der Waals surface area contributed by atoms with Crippen LogP contribution in [0.4, 0.5) is 0 Å². The summed E-state index contributed by atoms with van der Waals surface area (Å²) in [6.45, 7) is 1.95. The molecule has 2 aromatic carbocycles. The van der Waals surface area contributed by atoms with Gasteiger partial charge in [-0.3, -0.25) is 0 Å². The molecule has 0 aliphatic carbocycles. The number of carbonyl (C=O) groups is 1. The van der Waals surface area contributed by atoms with Crippen molar-refractivity contribution < 1.29 is 19.2 Å². The van der Waals surface area contributed by atoms with Crippen LogP contribution in [0.15, 0.2) is 71.0 Å². The van der Waals surface area contributed by atoms with Gasteiger partial charge < -0.3 is 14.4 Å². The highest BCUT2D eigenvalue weighted by Gasteiger charge is 2.15. The molecule has 7 heteroatoms. The molecular weight excluding hydrogens is 424 g/mol. The summed E-state index contributed by atoms with van der Waals surface area (Å²) in [6, 6.07) is 16.9. The monoisotopic (exact) mass is 444 g/mol. The summed E-state index contributed by atoms with van der Waals surface area (Å²) in [4.78, 5) is 22.4. The Hall–Kier alpha value is -2.93. The molecule has 28 heavy (non-hydrogen) atoms. The lowest BCUT2D eigenvalue weighted by Crippen LogP contribution is -2.11. The van der Waals surface area contributed by atoms with E-state index in [1.54, 1.807) is 13.0 Å². The van der Waals surface area contributed by atoms with Crippen molar-refractivity contribution in [2.75, 3.05) is 14.2 Å². The molecule has 0 unspecified atom stereocenters. The maximum Gasteiger partial charge on any atom is 0.338 e. The average molecular weight is 445 g/mol. The van der Waals surface area contributed by atoms with E-state index < -0.39 is 5.97 Å². The molecule has 146 valence electrons. The van der Waals surface area contributed by atoms with Gasteiger partial charge in [0, 0.05) is 11.1 Å². The summed E-state index contributed by atoms with van der Waals surface area (Å²) >= 11 is 3.38. The molecule has 0 amide bonds. The van der Waals surface area contributed by atoms with Gasteiger partial charge in [0.2, 0.25) is 0 Å². The molecule has 0 saturated heterocycles. The molecule has 0 heterocycles. The first-order valence-corrected chi connectivity index (χ1v) is 9.27. The van der Waals surface area contributed by atoms with Gasteiger partial charge in [-0.05, 0) is 28.4 Å². The van der Waals surface area contributed by atoms with E-state index in [0.29, 0.717) is 15.9 Å². The summed E-state index contributed by atoms with van der Waals surface area (Å²) < 4.78 is 5.24. The fourth-order valence-corrected chi connectivity index (χ4v) is 2.90. The van der Waals surface area contributed by atoms with E-state index in [1.807, 2.05) is 54.6 Å². The van der Waals surface area contributed by atoms with Gasteiger partial charge >= 0.3 is 5.97 Å². The van der Waals surface area contributed by atoms with Crippen molar-refractivity contribution in [2.24, 2.45) is 10.3 Å². The summed E-state index contributed by atoms with van der Waals surface area (Å²) in [5.41, 5.74) is 3.33. The number of carbonyl (C=O) groups excluding carboxylic acids is 1. The highest BCUT2D eigenvalue weighted by Crippen LogP contribution is 2.21. The lowest BCUT2D eigenvalue weighted by Gasteiger charge is -2.11. The fraction of sp³-hybridized carbons (Fsp3) is 0.190. The van der Waals surface area contributed by atoms with Gasteiger partial charge in [-0.2, -0.15) is 0 Å². The molecule has 0 radical (unpaired) electrons. The zero-order chi connectivity index (χ0) is 20.4. The van der Waals surface area contributed by atoms with Crippen molar-refractivity contribution in [2.45, 2.75) is 13.5 Å². The van der Waals surface area contributed by atoms with Crippen molar-refractivity contribution in [3.8, 4) is 0 Å². The normalized spacial score (nSPS) is 12.5. The number of hydrogen-bond acceptors (Lipinski definition) is 6. The molecule has 0 N–H and O–H groups in total. The lowest BCUT2D eigenvalue weighted by atomic mass is 10.00. The first-order chi connectivity index (χ1) is 13.6. The van der Waals surface area contributed by atoms with Crippen LogP contribution in [0, 0.1) is 0 Å². The summed E-state index contributed by atoms with van der Waals surface area (Å²) in [7, 11) is 2.82. The number of nitrogens with zero attached hydrogens (tertiary/aromatic N) is 2. The van der Waals surface area contributed by atoms with E-state index in [0.717, 1.165) is 16.7 Å². The number of allylic oxidation sites excluding steroid dienone is 1. The molecule has 0 atom stereocenters. The second-order valence-corrected chi connectivity index (χ2v) is 6.25. The van der Waals surface area contributed by atoms with E-state index in [4.69, 9.17) is 14.4 Å². The smallest absolute Gasteiger partial charge is 0.338 e. The quantitative estimate of drug-likeness (QED) is 0.259.